The highest BCUT2D eigenvalue weighted by molar-refractivity contribution is 7.89. The number of hydrogen-bond donors (Lipinski definition) is 1. The molecule has 0 spiro atoms. The van der Waals surface area contributed by atoms with Crippen molar-refractivity contribution in [2.24, 2.45) is 5.92 Å². The van der Waals surface area contributed by atoms with E-state index in [4.69, 9.17) is 0 Å². The first-order valence-corrected chi connectivity index (χ1v) is 11.0. The molecule has 3 rings (SSSR count). The number of rotatable bonds is 7. The number of benzene rings is 2. The Labute approximate surface area is 165 Å². The van der Waals surface area contributed by atoms with Crippen molar-refractivity contribution in [1.82, 2.24) is 9.62 Å². The molecule has 2 unspecified atom stereocenters. The van der Waals surface area contributed by atoms with Crippen LogP contribution in [-0.2, 0) is 14.8 Å². The van der Waals surface area contributed by atoms with E-state index in [-0.39, 0.29) is 23.9 Å². The number of nitrogens with zero attached hydrogens (tertiary/aromatic N) is 1. The van der Waals surface area contributed by atoms with Crippen molar-refractivity contribution in [1.29, 1.82) is 0 Å². The summed E-state index contributed by atoms with van der Waals surface area (Å²) in [7, 11) is -3.72. The van der Waals surface area contributed by atoms with Gasteiger partial charge in [0.05, 0.1) is 10.8 Å². The number of carbonyl (C=O) groups is 1. The molecule has 0 aromatic heterocycles. The predicted octanol–water partition coefficient (Wildman–Crippen LogP) is 3.15. The number of amides is 1. The lowest BCUT2D eigenvalue weighted by Gasteiger charge is -2.18. The third-order valence-corrected chi connectivity index (χ3v) is 6.96. The van der Waals surface area contributed by atoms with Crippen LogP contribution in [0.2, 0.25) is 0 Å². The van der Waals surface area contributed by atoms with E-state index in [1.54, 1.807) is 42.5 Å². The van der Waals surface area contributed by atoms with Gasteiger partial charge in [0.15, 0.2) is 0 Å². The fraction of sp³-hybridized carbons (Fsp3) is 0.381. The first-order chi connectivity index (χ1) is 13.4. The topological polar surface area (TPSA) is 66.5 Å². The van der Waals surface area contributed by atoms with Crippen LogP contribution in [-0.4, -0.2) is 38.3 Å². The van der Waals surface area contributed by atoms with Gasteiger partial charge in [0.1, 0.15) is 5.82 Å². The van der Waals surface area contributed by atoms with Crippen LogP contribution < -0.4 is 5.32 Å². The molecule has 28 heavy (non-hydrogen) atoms. The highest BCUT2D eigenvalue weighted by atomic mass is 32.2. The van der Waals surface area contributed by atoms with Crippen LogP contribution in [0.3, 0.4) is 0 Å². The number of sulfonamides is 1. The zero-order valence-electron chi connectivity index (χ0n) is 15.8. The SMILES string of the molecule is CCCCNC(=O)C1CN(S(=O)(=O)c2ccccc2)CC1c1cccc(F)c1. The largest absolute Gasteiger partial charge is 0.356 e. The monoisotopic (exact) mass is 404 g/mol. The molecule has 1 aliphatic heterocycles. The molecule has 2 aromatic rings. The third kappa shape index (κ3) is 4.42. The van der Waals surface area contributed by atoms with E-state index in [2.05, 4.69) is 5.32 Å². The van der Waals surface area contributed by atoms with Gasteiger partial charge in [-0.1, -0.05) is 43.7 Å². The molecule has 1 saturated heterocycles. The number of nitrogens with one attached hydrogen (secondary N) is 1. The molecule has 0 aliphatic carbocycles. The Hall–Kier alpha value is -2.25. The summed E-state index contributed by atoms with van der Waals surface area (Å²) in [5.74, 6) is -1.53. The van der Waals surface area contributed by atoms with Crippen LogP contribution in [0.25, 0.3) is 0 Å². The van der Waals surface area contributed by atoms with Gasteiger partial charge >= 0.3 is 0 Å². The Kier molecular flexibility index (Phi) is 6.46. The lowest BCUT2D eigenvalue weighted by atomic mass is 9.88. The summed E-state index contributed by atoms with van der Waals surface area (Å²) in [5, 5.41) is 2.90. The fourth-order valence-electron chi connectivity index (χ4n) is 3.57. The van der Waals surface area contributed by atoms with E-state index in [9.17, 15) is 17.6 Å². The molecule has 2 atom stereocenters. The second-order valence-electron chi connectivity index (χ2n) is 7.05. The van der Waals surface area contributed by atoms with Crippen molar-refractivity contribution in [2.45, 2.75) is 30.6 Å². The summed E-state index contributed by atoms with van der Waals surface area (Å²) >= 11 is 0. The number of carbonyl (C=O) groups excluding carboxylic acids is 1. The van der Waals surface area contributed by atoms with Crippen molar-refractivity contribution in [3.63, 3.8) is 0 Å². The molecule has 1 fully saturated rings. The number of unbranched alkanes of at least 4 members (excludes halogenated alkanes) is 1. The molecular formula is C21H25FN2O3S. The summed E-state index contributed by atoms with van der Waals surface area (Å²) in [6, 6.07) is 14.2. The smallest absolute Gasteiger partial charge is 0.243 e. The highest BCUT2D eigenvalue weighted by Gasteiger charge is 2.43. The minimum atomic E-state index is -3.72. The summed E-state index contributed by atoms with van der Waals surface area (Å²) in [6.45, 7) is 2.81. The van der Waals surface area contributed by atoms with Gasteiger partial charge in [0, 0.05) is 25.6 Å². The van der Waals surface area contributed by atoms with Gasteiger partial charge in [0.2, 0.25) is 15.9 Å². The summed E-state index contributed by atoms with van der Waals surface area (Å²) in [4.78, 5) is 13.0. The highest BCUT2D eigenvalue weighted by Crippen LogP contribution is 2.36. The lowest BCUT2D eigenvalue weighted by molar-refractivity contribution is -0.124. The van der Waals surface area contributed by atoms with Crippen LogP contribution in [0.4, 0.5) is 4.39 Å². The second-order valence-corrected chi connectivity index (χ2v) is 8.99. The van der Waals surface area contributed by atoms with Crippen molar-refractivity contribution in [3.8, 4) is 0 Å². The summed E-state index contributed by atoms with van der Waals surface area (Å²) in [5.41, 5.74) is 0.640. The standard InChI is InChI=1S/C21H25FN2O3S/c1-2-3-12-23-21(25)20-15-24(28(26,27)18-10-5-4-6-11-18)14-19(20)16-8-7-9-17(22)13-16/h4-11,13,19-20H,2-3,12,14-15H2,1H3,(H,23,25). The van der Waals surface area contributed by atoms with E-state index in [1.807, 2.05) is 6.92 Å². The van der Waals surface area contributed by atoms with Gasteiger partial charge < -0.3 is 5.32 Å². The molecule has 0 bridgehead atoms. The van der Waals surface area contributed by atoms with Crippen LogP contribution >= 0.6 is 0 Å². The molecule has 0 saturated carbocycles. The Bertz CT molecular complexity index is 918. The molecule has 150 valence electrons. The summed E-state index contributed by atoms with van der Waals surface area (Å²) in [6.07, 6.45) is 1.81. The Morgan fingerprint density at radius 1 is 1.14 bits per heavy atom. The summed E-state index contributed by atoms with van der Waals surface area (Å²) < 4.78 is 41.1. The molecule has 0 radical (unpaired) electrons. The van der Waals surface area contributed by atoms with Gasteiger partial charge in [-0.2, -0.15) is 4.31 Å². The normalized spacial score (nSPS) is 20.2. The zero-order chi connectivity index (χ0) is 20.1. The lowest BCUT2D eigenvalue weighted by Crippen LogP contribution is -2.36. The molecule has 5 nitrogen and oxygen atoms in total. The molecule has 1 heterocycles. The van der Waals surface area contributed by atoms with E-state index >= 15 is 0 Å². The molecule has 1 amide bonds. The maximum absolute atomic E-state index is 13.8. The predicted molar refractivity (Wildman–Crippen MR) is 106 cm³/mol. The van der Waals surface area contributed by atoms with Crippen molar-refractivity contribution >= 4 is 15.9 Å². The van der Waals surface area contributed by atoms with Gasteiger partial charge in [-0.3, -0.25) is 4.79 Å². The van der Waals surface area contributed by atoms with Crippen molar-refractivity contribution in [2.75, 3.05) is 19.6 Å². The average molecular weight is 405 g/mol. The van der Waals surface area contributed by atoms with Gasteiger partial charge in [-0.25, -0.2) is 12.8 Å². The van der Waals surface area contributed by atoms with Crippen molar-refractivity contribution < 1.29 is 17.6 Å². The van der Waals surface area contributed by atoms with Gasteiger partial charge in [-0.05, 0) is 36.2 Å². The van der Waals surface area contributed by atoms with Crippen LogP contribution in [0.15, 0.2) is 59.5 Å². The average Bonchev–Trinajstić information content (AvgIpc) is 3.15. The minimum Gasteiger partial charge on any atom is -0.356 e. The molecule has 2 aromatic carbocycles. The Morgan fingerprint density at radius 3 is 2.57 bits per heavy atom. The van der Waals surface area contributed by atoms with Gasteiger partial charge in [0.25, 0.3) is 0 Å². The molecule has 1 aliphatic rings. The van der Waals surface area contributed by atoms with E-state index in [0.717, 1.165) is 12.8 Å². The third-order valence-electron chi connectivity index (χ3n) is 5.11. The Morgan fingerprint density at radius 2 is 1.89 bits per heavy atom. The molecule has 7 heteroatoms. The molecule has 1 N–H and O–H groups in total. The maximum Gasteiger partial charge on any atom is 0.243 e. The zero-order valence-corrected chi connectivity index (χ0v) is 16.7. The van der Waals surface area contributed by atoms with Crippen molar-refractivity contribution in [3.05, 3.63) is 66.0 Å². The van der Waals surface area contributed by atoms with E-state index in [1.165, 1.54) is 16.4 Å². The minimum absolute atomic E-state index is 0.0797. The quantitative estimate of drug-likeness (QED) is 0.721. The number of halogens is 1. The molecular weight excluding hydrogens is 379 g/mol. The first-order valence-electron chi connectivity index (χ1n) is 9.52. The number of hydrogen-bond acceptors (Lipinski definition) is 3. The second kappa shape index (κ2) is 8.84. The Balaban J connectivity index is 1.89. The first kappa shape index (κ1) is 20.5. The maximum atomic E-state index is 13.8. The van der Waals surface area contributed by atoms with Crippen LogP contribution in [0.5, 0.6) is 0 Å². The van der Waals surface area contributed by atoms with E-state index < -0.39 is 27.7 Å². The van der Waals surface area contributed by atoms with Crippen LogP contribution in [0, 0.1) is 11.7 Å². The van der Waals surface area contributed by atoms with E-state index in [0.29, 0.717) is 12.1 Å². The van der Waals surface area contributed by atoms with Crippen LogP contribution in [0.1, 0.15) is 31.2 Å². The fourth-order valence-corrected chi connectivity index (χ4v) is 5.08. The van der Waals surface area contributed by atoms with Gasteiger partial charge in [-0.15, -0.1) is 0 Å².